The molecule has 4 nitrogen and oxygen atoms in total. The van der Waals surface area contributed by atoms with Crippen LogP contribution in [-0.2, 0) is 12.8 Å². The van der Waals surface area contributed by atoms with Crippen LogP contribution in [0.25, 0.3) is 0 Å². The lowest BCUT2D eigenvalue weighted by Gasteiger charge is -2.37. The zero-order chi connectivity index (χ0) is 33.9. The Morgan fingerprint density at radius 2 is 0.750 bits per heavy atom. The van der Waals surface area contributed by atoms with Crippen LogP contribution in [0, 0.1) is 0 Å². The summed E-state index contributed by atoms with van der Waals surface area (Å²) in [5, 5.41) is 0. The first-order chi connectivity index (χ1) is 23.5. The van der Waals surface area contributed by atoms with E-state index in [0.717, 1.165) is 85.8 Å². The van der Waals surface area contributed by atoms with E-state index in [1.807, 2.05) is 0 Å². The monoisotopic (exact) mass is 650 g/mol. The highest BCUT2D eigenvalue weighted by atomic mass is 16.5. The maximum absolute atomic E-state index is 6.44. The number of para-hydroxylation sites is 2. The zero-order valence-corrected chi connectivity index (χ0v) is 30.4. The molecule has 4 rings (SSSR count). The normalized spacial score (nSPS) is 11.8. The standard InChI is InChI=1S/C44H62N2O2/c1-5-45(6-2,33-35-47-43-29-19-17-27-41(43)37-39-23-13-11-14-24-39)31-21-9-10-22-32-46(7-3,8-4)34-36-48-44-30-20-18-28-42(44)38-40-25-15-12-16-26-40/h11-20,23-30H,5-10,21-22,31-38H2,1-4H3/q+2. The second-order valence-corrected chi connectivity index (χ2v) is 13.5. The maximum atomic E-state index is 6.44. The van der Waals surface area contributed by atoms with Crippen LogP contribution < -0.4 is 9.47 Å². The molecule has 258 valence electrons. The van der Waals surface area contributed by atoms with Gasteiger partial charge in [0.05, 0.1) is 39.3 Å². The fraction of sp³-hybridized carbons (Fsp3) is 0.455. The number of nitrogens with zero attached hydrogens (tertiary/aromatic N) is 2. The van der Waals surface area contributed by atoms with Gasteiger partial charge in [-0.05, 0) is 87.8 Å². The van der Waals surface area contributed by atoms with E-state index < -0.39 is 0 Å². The molecule has 4 aromatic carbocycles. The summed E-state index contributed by atoms with van der Waals surface area (Å²) >= 11 is 0. The van der Waals surface area contributed by atoms with Crippen LogP contribution in [0.5, 0.6) is 11.5 Å². The van der Waals surface area contributed by atoms with Crippen LogP contribution in [0.2, 0.25) is 0 Å². The lowest BCUT2D eigenvalue weighted by molar-refractivity contribution is -0.925. The van der Waals surface area contributed by atoms with Crippen molar-refractivity contribution in [2.24, 2.45) is 0 Å². The number of hydrogen-bond donors (Lipinski definition) is 0. The van der Waals surface area contributed by atoms with Gasteiger partial charge in [-0.25, -0.2) is 0 Å². The molecule has 0 N–H and O–H groups in total. The van der Waals surface area contributed by atoms with E-state index in [1.165, 1.54) is 61.0 Å². The summed E-state index contributed by atoms with van der Waals surface area (Å²) in [4.78, 5) is 0. The lowest BCUT2D eigenvalue weighted by atomic mass is 10.0. The van der Waals surface area contributed by atoms with Crippen molar-refractivity contribution in [3.8, 4) is 11.5 Å². The molecule has 0 amide bonds. The van der Waals surface area contributed by atoms with E-state index in [1.54, 1.807) is 0 Å². The number of likely N-dealkylation sites (N-methyl/N-ethyl adjacent to an activating group) is 2. The number of unbranched alkanes of at least 4 members (excludes halogenated alkanes) is 3. The third-order valence-electron chi connectivity index (χ3n) is 10.8. The molecule has 4 aromatic rings. The van der Waals surface area contributed by atoms with Gasteiger partial charge in [0.1, 0.15) is 37.8 Å². The molecular weight excluding hydrogens is 588 g/mol. The SMILES string of the molecule is CC[N+](CC)(CCCCCC[N+](CC)(CC)CCOc1ccccc1Cc1ccccc1)CCOc1ccccc1Cc1ccccc1. The number of rotatable bonds is 23. The second-order valence-electron chi connectivity index (χ2n) is 13.5. The summed E-state index contributed by atoms with van der Waals surface area (Å²) < 4.78 is 15.1. The van der Waals surface area contributed by atoms with Crippen molar-refractivity contribution in [1.82, 2.24) is 0 Å². The van der Waals surface area contributed by atoms with Crippen molar-refractivity contribution in [2.75, 3.05) is 65.6 Å². The van der Waals surface area contributed by atoms with Crippen LogP contribution in [0.15, 0.2) is 109 Å². The molecule has 48 heavy (non-hydrogen) atoms. The predicted molar refractivity (Wildman–Crippen MR) is 203 cm³/mol. The third kappa shape index (κ3) is 11.5. The van der Waals surface area contributed by atoms with Gasteiger partial charge in [0.15, 0.2) is 0 Å². The number of quaternary nitrogens is 2. The maximum Gasteiger partial charge on any atom is 0.137 e. The summed E-state index contributed by atoms with van der Waals surface area (Å²) in [6, 6.07) is 38.5. The number of ether oxygens (including phenoxy) is 2. The van der Waals surface area contributed by atoms with E-state index in [0.29, 0.717) is 0 Å². The summed E-state index contributed by atoms with van der Waals surface area (Å²) in [5.74, 6) is 2.06. The summed E-state index contributed by atoms with van der Waals surface area (Å²) in [7, 11) is 0. The van der Waals surface area contributed by atoms with Crippen molar-refractivity contribution in [2.45, 2.75) is 66.2 Å². The van der Waals surface area contributed by atoms with Gasteiger partial charge in [0.2, 0.25) is 0 Å². The van der Waals surface area contributed by atoms with Gasteiger partial charge in [-0.3, -0.25) is 0 Å². The van der Waals surface area contributed by atoms with Crippen molar-refractivity contribution in [3.63, 3.8) is 0 Å². The van der Waals surface area contributed by atoms with Gasteiger partial charge in [0.25, 0.3) is 0 Å². The Morgan fingerprint density at radius 3 is 1.12 bits per heavy atom. The third-order valence-corrected chi connectivity index (χ3v) is 10.8. The molecular formula is C44H62N2O2+2. The highest BCUT2D eigenvalue weighted by Gasteiger charge is 2.25. The fourth-order valence-corrected chi connectivity index (χ4v) is 7.10. The van der Waals surface area contributed by atoms with Gasteiger partial charge >= 0.3 is 0 Å². The molecule has 0 saturated carbocycles. The first-order valence-corrected chi connectivity index (χ1v) is 18.7. The molecule has 0 unspecified atom stereocenters. The average molecular weight is 651 g/mol. The van der Waals surface area contributed by atoms with Gasteiger partial charge < -0.3 is 18.4 Å². The predicted octanol–water partition coefficient (Wildman–Crippen LogP) is 9.60. The minimum absolute atomic E-state index is 0.763. The van der Waals surface area contributed by atoms with Crippen LogP contribution >= 0.6 is 0 Å². The largest absolute Gasteiger partial charge is 0.487 e. The Kier molecular flexibility index (Phi) is 15.5. The number of hydrogen-bond acceptors (Lipinski definition) is 2. The van der Waals surface area contributed by atoms with Gasteiger partial charge in [0, 0.05) is 12.8 Å². The molecule has 0 aliphatic carbocycles. The summed E-state index contributed by atoms with van der Waals surface area (Å²) in [6.45, 7) is 20.2. The van der Waals surface area contributed by atoms with Crippen molar-refractivity contribution in [1.29, 1.82) is 0 Å². The van der Waals surface area contributed by atoms with Crippen LogP contribution in [-0.4, -0.2) is 74.5 Å². The molecule has 0 fully saturated rings. The minimum Gasteiger partial charge on any atom is -0.487 e. The Balaban J connectivity index is 1.18. The smallest absolute Gasteiger partial charge is 0.137 e. The second kappa shape index (κ2) is 20.0. The zero-order valence-electron chi connectivity index (χ0n) is 30.4. The fourth-order valence-electron chi connectivity index (χ4n) is 7.10. The van der Waals surface area contributed by atoms with Gasteiger partial charge in [-0.1, -0.05) is 97.1 Å². The van der Waals surface area contributed by atoms with E-state index in [4.69, 9.17) is 9.47 Å². The number of benzene rings is 4. The Morgan fingerprint density at radius 1 is 0.396 bits per heavy atom. The van der Waals surface area contributed by atoms with Crippen LogP contribution in [0.1, 0.15) is 75.6 Å². The van der Waals surface area contributed by atoms with Crippen molar-refractivity contribution in [3.05, 3.63) is 131 Å². The van der Waals surface area contributed by atoms with E-state index in [2.05, 4.69) is 137 Å². The average Bonchev–Trinajstić information content (AvgIpc) is 3.14. The molecule has 4 heteroatoms. The molecule has 0 bridgehead atoms. The highest BCUT2D eigenvalue weighted by Crippen LogP contribution is 2.24. The topological polar surface area (TPSA) is 18.5 Å². The first kappa shape index (κ1) is 37.2. The van der Waals surface area contributed by atoms with Gasteiger partial charge in [-0.15, -0.1) is 0 Å². The minimum atomic E-state index is 0.763. The molecule has 0 saturated heterocycles. The summed E-state index contributed by atoms with van der Waals surface area (Å²) in [5.41, 5.74) is 5.18. The Hall–Kier alpha value is -3.60. The quantitative estimate of drug-likeness (QED) is 0.0588. The molecule has 0 atom stereocenters. The van der Waals surface area contributed by atoms with Crippen molar-refractivity contribution >= 4 is 0 Å². The Bertz CT molecular complexity index is 1320. The first-order valence-electron chi connectivity index (χ1n) is 18.7. The highest BCUT2D eigenvalue weighted by molar-refractivity contribution is 5.38. The Labute approximate surface area is 292 Å². The van der Waals surface area contributed by atoms with Gasteiger partial charge in [-0.2, -0.15) is 0 Å². The molecule has 0 spiro atoms. The van der Waals surface area contributed by atoms with E-state index >= 15 is 0 Å². The van der Waals surface area contributed by atoms with Crippen LogP contribution in [0.3, 0.4) is 0 Å². The molecule has 0 aromatic heterocycles. The van der Waals surface area contributed by atoms with E-state index in [-0.39, 0.29) is 0 Å². The van der Waals surface area contributed by atoms with Crippen LogP contribution in [0.4, 0.5) is 0 Å². The lowest BCUT2D eigenvalue weighted by Crippen LogP contribution is -2.51. The van der Waals surface area contributed by atoms with Crippen molar-refractivity contribution < 1.29 is 18.4 Å². The van der Waals surface area contributed by atoms with E-state index in [9.17, 15) is 0 Å². The molecule has 0 aliphatic heterocycles. The molecule has 0 heterocycles. The molecule has 0 radical (unpaired) electrons. The summed E-state index contributed by atoms with van der Waals surface area (Å²) in [6.07, 6.45) is 6.99. The molecule has 0 aliphatic rings.